The first-order valence-electron chi connectivity index (χ1n) is 7.15. The number of fused-ring (bicyclic) bond motifs is 1. The molecule has 0 atom stereocenters. The number of hydrogen-bond acceptors (Lipinski definition) is 4. The van der Waals surface area contributed by atoms with Crippen LogP contribution in [-0.4, -0.2) is 20.3 Å². The van der Waals surface area contributed by atoms with Crippen LogP contribution in [0.4, 0.5) is 0 Å². The van der Waals surface area contributed by atoms with Gasteiger partial charge in [0.25, 0.3) is 5.56 Å². The molecule has 3 rings (SSSR count). The Kier molecular flexibility index (Phi) is 3.42. The largest absolute Gasteiger partial charge is 0.388 e. The number of aromatic nitrogens is 2. The van der Waals surface area contributed by atoms with E-state index in [4.69, 9.17) is 0 Å². The van der Waals surface area contributed by atoms with Crippen molar-refractivity contribution >= 4 is 21.6 Å². The van der Waals surface area contributed by atoms with Crippen molar-refractivity contribution in [3.63, 3.8) is 0 Å². The minimum Gasteiger partial charge on any atom is -0.388 e. The van der Waals surface area contributed by atoms with Crippen LogP contribution in [0.3, 0.4) is 0 Å². The van der Waals surface area contributed by atoms with Crippen molar-refractivity contribution in [1.82, 2.24) is 9.55 Å². The normalized spacial score (nSPS) is 27.1. The van der Waals surface area contributed by atoms with Gasteiger partial charge < -0.3 is 5.11 Å². The smallest absolute Gasteiger partial charge is 0.262 e. The molecule has 0 aliphatic heterocycles. The number of nitrogens with zero attached hydrogens (tertiary/aromatic N) is 2. The van der Waals surface area contributed by atoms with E-state index in [0.717, 1.165) is 35.4 Å². The van der Waals surface area contributed by atoms with Crippen molar-refractivity contribution in [2.45, 2.75) is 51.7 Å². The van der Waals surface area contributed by atoms with Gasteiger partial charge in [0.1, 0.15) is 4.83 Å². The van der Waals surface area contributed by atoms with E-state index in [9.17, 15) is 9.90 Å². The molecule has 0 aromatic carbocycles. The summed E-state index contributed by atoms with van der Waals surface area (Å²) in [6, 6.07) is 1.89. The van der Waals surface area contributed by atoms with E-state index in [0.29, 0.717) is 17.8 Å². The van der Waals surface area contributed by atoms with Crippen molar-refractivity contribution in [2.24, 2.45) is 5.92 Å². The monoisotopic (exact) mass is 292 g/mol. The maximum absolute atomic E-state index is 12.4. The van der Waals surface area contributed by atoms with Crippen molar-refractivity contribution in [3.8, 4) is 0 Å². The predicted molar refractivity (Wildman–Crippen MR) is 81.2 cm³/mol. The molecule has 1 saturated carbocycles. The van der Waals surface area contributed by atoms with Gasteiger partial charge >= 0.3 is 0 Å². The topological polar surface area (TPSA) is 55.1 Å². The third-order valence-corrected chi connectivity index (χ3v) is 5.27. The van der Waals surface area contributed by atoms with Gasteiger partial charge in [-0.05, 0) is 44.6 Å². The summed E-state index contributed by atoms with van der Waals surface area (Å²) in [5.74, 6) is 0.673. The number of aryl methyl sites for hydroxylation is 1. The summed E-state index contributed by atoms with van der Waals surface area (Å²) in [7, 11) is 0. The van der Waals surface area contributed by atoms with E-state index >= 15 is 0 Å². The zero-order valence-corrected chi connectivity index (χ0v) is 12.7. The van der Waals surface area contributed by atoms with E-state index in [2.05, 4.69) is 11.9 Å². The number of aliphatic hydroxyl groups is 1. The van der Waals surface area contributed by atoms with Gasteiger partial charge in [0.05, 0.1) is 23.9 Å². The molecular weight excluding hydrogens is 272 g/mol. The van der Waals surface area contributed by atoms with Crippen LogP contribution < -0.4 is 5.56 Å². The van der Waals surface area contributed by atoms with Crippen LogP contribution in [0, 0.1) is 12.8 Å². The lowest BCUT2D eigenvalue weighted by Crippen LogP contribution is -2.40. The van der Waals surface area contributed by atoms with Gasteiger partial charge in [0.15, 0.2) is 0 Å². The number of thiophene rings is 1. The summed E-state index contributed by atoms with van der Waals surface area (Å²) < 4.78 is 1.57. The maximum atomic E-state index is 12.4. The average Bonchev–Trinajstić information content (AvgIpc) is 2.79. The second-order valence-electron chi connectivity index (χ2n) is 6.16. The number of hydrogen-bond donors (Lipinski definition) is 1. The van der Waals surface area contributed by atoms with Gasteiger partial charge in [-0.3, -0.25) is 9.36 Å². The first kappa shape index (κ1) is 13.8. The molecule has 0 bridgehead atoms. The SMILES string of the molecule is Cc1cc2c(=O)n(CC3(O)CCC(C)CC3)cnc2s1. The summed E-state index contributed by atoms with van der Waals surface area (Å²) in [6.45, 7) is 4.55. The highest BCUT2D eigenvalue weighted by molar-refractivity contribution is 7.18. The Morgan fingerprint density at radius 3 is 2.90 bits per heavy atom. The first-order chi connectivity index (χ1) is 9.47. The van der Waals surface area contributed by atoms with Crippen LogP contribution in [0.1, 0.15) is 37.5 Å². The van der Waals surface area contributed by atoms with E-state index in [1.807, 2.05) is 13.0 Å². The van der Waals surface area contributed by atoms with Gasteiger partial charge in [-0.2, -0.15) is 0 Å². The molecular formula is C15H20N2O2S. The van der Waals surface area contributed by atoms with Crippen LogP contribution in [-0.2, 0) is 6.54 Å². The van der Waals surface area contributed by atoms with Crippen LogP contribution in [0.25, 0.3) is 10.2 Å². The molecule has 0 unspecified atom stereocenters. The van der Waals surface area contributed by atoms with Crippen molar-refractivity contribution < 1.29 is 5.11 Å². The maximum Gasteiger partial charge on any atom is 0.262 e. The molecule has 1 aliphatic carbocycles. The minimum absolute atomic E-state index is 0.0357. The highest BCUT2D eigenvalue weighted by Crippen LogP contribution is 2.32. The third-order valence-electron chi connectivity index (χ3n) is 4.31. The Hall–Kier alpha value is -1.20. The number of rotatable bonds is 2. The Bertz CT molecular complexity index is 681. The summed E-state index contributed by atoms with van der Waals surface area (Å²) in [4.78, 5) is 18.7. The van der Waals surface area contributed by atoms with Crippen LogP contribution in [0.15, 0.2) is 17.2 Å². The van der Waals surface area contributed by atoms with E-state index in [-0.39, 0.29) is 5.56 Å². The Morgan fingerprint density at radius 1 is 1.50 bits per heavy atom. The van der Waals surface area contributed by atoms with Gasteiger partial charge in [-0.25, -0.2) is 4.98 Å². The van der Waals surface area contributed by atoms with Gasteiger partial charge in [-0.15, -0.1) is 11.3 Å². The first-order valence-corrected chi connectivity index (χ1v) is 7.96. The van der Waals surface area contributed by atoms with Crippen molar-refractivity contribution in [2.75, 3.05) is 0 Å². The van der Waals surface area contributed by atoms with E-state index < -0.39 is 5.60 Å². The molecule has 1 N–H and O–H groups in total. The molecule has 2 aromatic rings. The molecule has 108 valence electrons. The fraction of sp³-hybridized carbons (Fsp3) is 0.600. The lowest BCUT2D eigenvalue weighted by atomic mass is 9.79. The summed E-state index contributed by atoms with van der Waals surface area (Å²) in [5, 5.41) is 11.3. The highest BCUT2D eigenvalue weighted by Gasteiger charge is 2.32. The van der Waals surface area contributed by atoms with Crippen molar-refractivity contribution in [1.29, 1.82) is 0 Å². The Labute approximate surface area is 122 Å². The second kappa shape index (κ2) is 4.97. The van der Waals surface area contributed by atoms with Crippen LogP contribution >= 0.6 is 11.3 Å². The lowest BCUT2D eigenvalue weighted by molar-refractivity contribution is -0.0225. The third kappa shape index (κ3) is 2.52. The van der Waals surface area contributed by atoms with Crippen LogP contribution in [0.5, 0.6) is 0 Å². The molecule has 20 heavy (non-hydrogen) atoms. The zero-order chi connectivity index (χ0) is 14.3. The van der Waals surface area contributed by atoms with Crippen molar-refractivity contribution in [3.05, 3.63) is 27.6 Å². The van der Waals surface area contributed by atoms with E-state index in [1.54, 1.807) is 10.9 Å². The van der Waals surface area contributed by atoms with Gasteiger partial charge in [0.2, 0.25) is 0 Å². The quantitative estimate of drug-likeness (QED) is 0.926. The summed E-state index contributed by atoms with van der Waals surface area (Å²) >= 11 is 1.53. The molecule has 2 aromatic heterocycles. The molecule has 4 nitrogen and oxygen atoms in total. The fourth-order valence-corrected chi connectivity index (χ4v) is 3.81. The average molecular weight is 292 g/mol. The predicted octanol–water partition coefficient (Wildman–Crippen LogP) is 2.71. The fourth-order valence-electron chi connectivity index (χ4n) is 2.97. The molecule has 5 heteroatoms. The molecule has 2 heterocycles. The molecule has 1 fully saturated rings. The van der Waals surface area contributed by atoms with E-state index in [1.165, 1.54) is 11.3 Å². The zero-order valence-electron chi connectivity index (χ0n) is 11.9. The second-order valence-corrected chi connectivity index (χ2v) is 7.40. The molecule has 0 spiro atoms. The van der Waals surface area contributed by atoms with Crippen LogP contribution in [0.2, 0.25) is 0 Å². The van der Waals surface area contributed by atoms with Gasteiger partial charge in [0, 0.05) is 4.88 Å². The Balaban J connectivity index is 1.91. The molecule has 0 saturated heterocycles. The summed E-state index contributed by atoms with van der Waals surface area (Å²) in [6.07, 6.45) is 5.16. The molecule has 0 amide bonds. The molecule has 0 radical (unpaired) electrons. The Morgan fingerprint density at radius 2 is 2.20 bits per heavy atom. The lowest BCUT2D eigenvalue weighted by Gasteiger charge is -2.35. The summed E-state index contributed by atoms with van der Waals surface area (Å²) in [5.41, 5.74) is -0.789. The van der Waals surface area contributed by atoms with Gasteiger partial charge in [-0.1, -0.05) is 6.92 Å². The molecule has 1 aliphatic rings. The standard InChI is InChI=1S/C15H20N2O2S/c1-10-3-5-15(19,6-4-10)8-17-9-16-13-12(14(17)18)7-11(2)20-13/h7,9-10,19H,3-6,8H2,1-2H3. The highest BCUT2D eigenvalue weighted by atomic mass is 32.1. The minimum atomic E-state index is -0.753.